The second kappa shape index (κ2) is 9.05. The van der Waals surface area contributed by atoms with Crippen LogP contribution >= 0.6 is 11.3 Å². The van der Waals surface area contributed by atoms with Gasteiger partial charge in [0.05, 0.1) is 11.5 Å². The third kappa shape index (κ3) is 4.77. The zero-order chi connectivity index (χ0) is 21.8. The van der Waals surface area contributed by atoms with Crippen LogP contribution in [0, 0.1) is 17.0 Å². The second-order valence-electron chi connectivity index (χ2n) is 6.88. The zero-order valence-electron chi connectivity index (χ0n) is 16.8. The van der Waals surface area contributed by atoms with Crippen LogP contribution in [0.5, 0.6) is 17.2 Å². The minimum absolute atomic E-state index is 0.00859. The van der Waals surface area contributed by atoms with Crippen molar-refractivity contribution in [2.75, 3.05) is 24.7 Å². The van der Waals surface area contributed by atoms with Gasteiger partial charge < -0.3 is 19.1 Å². The number of carbonyl (C=O) groups is 1. The fraction of sp³-hybridized carbons (Fsp3) is 0.227. The molecular formula is C22H20N2O6S. The van der Waals surface area contributed by atoms with Crippen molar-refractivity contribution in [3.05, 3.63) is 74.5 Å². The van der Waals surface area contributed by atoms with Gasteiger partial charge in [0.2, 0.25) is 0 Å². The minimum Gasteiger partial charge on any atom is -0.486 e. The quantitative estimate of drug-likeness (QED) is 0.401. The first-order chi connectivity index (χ1) is 15.0. The topological polar surface area (TPSA) is 91.1 Å². The summed E-state index contributed by atoms with van der Waals surface area (Å²) in [6.07, 6.45) is 0. The maximum atomic E-state index is 13.1. The van der Waals surface area contributed by atoms with E-state index in [1.165, 1.54) is 12.1 Å². The molecular weight excluding hydrogens is 420 g/mol. The average molecular weight is 440 g/mol. The first-order valence-electron chi connectivity index (χ1n) is 9.61. The Morgan fingerprint density at radius 1 is 1.16 bits per heavy atom. The third-order valence-corrected chi connectivity index (χ3v) is 5.62. The number of hydrogen-bond acceptors (Lipinski definition) is 7. The summed E-state index contributed by atoms with van der Waals surface area (Å²) < 4.78 is 16.9. The van der Waals surface area contributed by atoms with Crippen LogP contribution in [0.25, 0.3) is 0 Å². The van der Waals surface area contributed by atoms with Gasteiger partial charge in [0.25, 0.3) is 11.6 Å². The highest BCUT2D eigenvalue weighted by molar-refractivity contribution is 7.09. The van der Waals surface area contributed by atoms with Gasteiger partial charge in [-0.1, -0.05) is 6.07 Å². The van der Waals surface area contributed by atoms with Crippen molar-refractivity contribution in [2.24, 2.45) is 0 Å². The molecule has 1 amide bonds. The van der Waals surface area contributed by atoms with E-state index in [2.05, 4.69) is 0 Å². The summed E-state index contributed by atoms with van der Waals surface area (Å²) in [5.74, 6) is 1.39. The van der Waals surface area contributed by atoms with Gasteiger partial charge in [-0.25, -0.2) is 0 Å². The molecule has 1 aliphatic rings. The predicted molar refractivity (Wildman–Crippen MR) is 116 cm³/mol. The normalized spacial score (nSPS) is 12.3. The fourth-order valence-corrected chi connectivity index (χ4v) is 3.92. The maximum Gasteiger partial charge on any atom is 0.272 e. The number of nitro groups is 1. The number of ether oxygens (including phenoxy) is 3. The molecule has 1 aliphatic heterocycles. The summed E-state index contributed by atoms with van der Waals surface area (Å²) in [5, 5.41) is 12.9. The first kappa shape index (κ1) is 20.7. The van der Waals surface area contributed by atoms with Crippen molar-refractivity contribution in [1.29, 1.82) is 0 Å². The molecule has 3 aromatic rings. The van der Waals surface area contributed by atoms with E-state index in [1.54, 1.807) is 41.4 Å². The number of anilines is 1. The lowest BCUT2D eigenvalue weighted by Crippen LogP contribution is -2.34. The maximum absolute atomic E-state index is 13.1. The fourth-order valence-electron chi connectivity index (χ4n) is 3.23. The van der Waals surface area contributed by atoms with Crippen LogP contribution in [0.1, 0.15) is 10.4 Å². The molecule has 0 spiro atoms. The number of hydrogen-bond donors (Lipinski definition) is 0. The largest absolute Gasteiger partial charge is 0.486 e. The molecule has 160 valence electrons. The minimum atomic E-state index is -0.450. The number of aryl methyl sites for hydroxylation is 1. The summed E-state index contributed by atoms with van der Waals surface area (Å²) in [4.78, 5) is 26.3. The Balaban J connectivity index is 1.53. The lowest BCUT2D eigenvalue weighted by molar-refractivity contribution is -0.385. The molecule has 0 bridgehead atoms. The second-order valence-corrected chi connectivity index (χ2v) is 7.91. The molecule has 0 radical (unpaired) electrons. The molecule has 0 saturated heterocycles. The van der Waals surface area contributed by atoms with Crippen LogP contribution in [-0.4, -0.2) is 30.7 Å². The Kier molecular flexibility index (Phi) is 6.03. The van der Waals surface area contributed by atoms with E-state index in [4.69, 9.17) is 14.2 Å². The van der Waals surface area contributed by atoms with Gasteiger partial charge in [0, 0.05) is 28.3 Å². The molecule has 0 fully saturated rings. The third-order valence-electron chi connectivity index (χ3n) is 4.76. The Morgan fingerprint density at radius 2 is 1.97 bits per heavy atom. The lowest BCUT2D eigenvalue weighted by atomic mass is 10.2. The number of nitro benzene ring substituents is 1. The van der Waals surface area contributed by atoms with Gasteiger partial charge >= 0.3 is 0 Å². The van der Waals surface area contributed by atoms with E-state index in [0.717, 1.165) is 4.88 Å². The molecule has 2 heterocycles. The standard InChI is InChI=1S/C22H20N2O6S/c1-15-11-17(5-6-19(15)24(26)27)30-14-22(25)23(13-18-3-2-10-31-18)16-4-7-20-21(12-16)29-9-8-28-20/h2-7,10-12H,8-9,13-14H2,1H3. The molecule has 1 aromatic heterocycles. The highest BCUT2D eigenvalue weighted by Gasteiger charge is 2.21. The summed E-state index contributed by atoms with van der Waals surface area (Å²) in [6.45, 7) is 2.76. The van der Waals surface area contributed by atoms with Crippen LogP contribution in [0.3, 0.4) is 0 Å². The van der Waals surface area contributed by atoms with E-state index in [1.807, 2.05) is 23.6 Å². The van der Waals surface area contributed by atoms with Crippen LogP contribution in [0.4, 0.5) is 11.4 Å². The monoisotopic (exact) mass is 440 g/mol. The molecule has 0 atom stereocenters. The Morgan fingerprint density at radius 3 is 2.68 bits per heavy atom. The number of benzene rings is 2. The first-order valence-corrected chi connectivity index (χ1v) is 10.5. The van der Waals surface area contributed by atoms with Gasteiger partial charge in [-0.05, 0) is 42.6 Å². The highest BCUT2D eigenvalue weighted by Crippen LogP contribution is 2.35. The smallest absolute Gasteiger partial charge is 0.272 e. The van der Waals surface area contributed by atoms with E-state index in [9.17, 15) is 14.9 Å². The van der Waals surface area contributed by atoms with Crippen molar-refractivity contribution < 1.29 is 23.9 Å². The zero-order valence-corrected chi connectivity index (χ0v) is 17.6. The van der Waals surface area contributed by atoms with E-state index >= 15 is 0 Å². The van der Waals surface area contributed by atoms with E-state index in [0.29, 0.717) is 48.3 Å². The van der Waals surface area contributed by atoms with Gasteiger partial charge in [0.15, 0.2) is 18.1 Å². The van der Waals surface area contributed by atoms with Crippen LogP contribution in [0.2, 0.25) is 0 Å². The average Bonchev–Trinajstić information content (AvgIpc) is 3.28. The van der Waals surface area contributed by atoms with Crippen LogP contribution < -0.4 is 19.1 Å². The van der Waals surface area contributed by atoms with Crippen LogP contribution in [0.15, 0.2) is 53.9 Å². The van der Waals surface area contributed by atoms with Crippen molar-refractivity contribution in [3.8, 4) is 17.2 Å². The van der Waals surface area contributed by atoms with Gasteiger partial charge in [-0.15, -0.1) is 11.3 Å². The molecule has 0 aliphatic carbocycles. The van der Waals surface area contributed by atoms with Crippen molar-refractivity contribution >= 4 is 28.6 Å². The van der Waals surface area contributed by atoms with E-state index < -0.39 is 4.92 Å². The van der Waals surface area contributed by atoms with Gasteiger partial charge in [-0.3, -0.25) is 14.9 Å². The molecule has 8 nitrogen and oxygen atoms in total. The Hall–Kier alpha value is -3.59. The number of amides is 1. The molecule has 0 unspecified atom stereocenters. The molecule has 31 heavy (non-hydrogen) atoms. The van der Waals surface area contributed by atoms with E-state index in [-0.39, 0.29) is 18.2 Å². The summed E-state index contributed by atoms with van der Waals surface area (Å²) in [7, 11) is 0. The SMILES string of the molecule is Cc1cc(OCC(=O)N(Cc2cccs2)c2ccc3c(c2)OCCO3)ccc1[N+](=O)[O-]. The molecule has 4 rings (SSSR count). The predicted octanol–water partition coefficient (Wildman–Crippen LogP) is 4.35. The molecule has 0 N–H and O–H groups in total. The van der Waals surface area contributed by atoms with Gasteiger partial charge in [-0.2, -0.15) is 0 Å². The van der Waals surface area contributed by atoms with Crippen LogP contribution in [-0.2, 0) is 11.3 Å². The lowest BCUT2D eigenvalue weighted by Gasteiger charge is -2.25. The Bertz CT molecular complexity index is 1100. The number of thiophene rings is 1. The summed E-state index contributed by atoms with van der Waals surface area (Å²) in [5.41, 5.74) is 1.15. The number of carbonyl (C=O) groups excluding carboxylic acids is 1. The number of fused-ring (bicyclic) bond motifs is 1. The molecule has 9 heteroatoms. The molecule has 0 saturated carbocycles. The number of nitrogens with zero attached hydrogens (tertiary/aromatic N) is 2. The van der Waals surface area contributed by atoms with Crippen molar-refractivity contribution in [1.82, 2.24) is 0 Å². The Labute approximate surface area is 182 Å². The molecule has 2 aromatic carbocycles. The van der Waals surface area contributed by atoms with Crippen molar-refractivity contribution in [3.63, 3.8) is 0 Å². The van der Waals surface area contributed by atoms with Crippen molar-refractivity contribution in [2.45, 2.75) is 13.5 Å². The highest BCUT2D eigenvalue weighted by atomic mass is 32.1. The van der Waals surface area contributed by atoms with Gasteiger partial charge in [0.1, 0.15) is 19.0 Å². The summed E-state index contributed by atoms with van der Waals surface area (Å²) in [6, 6.07) is 13.7. The summed E-state index contributed by atoms with van der Waals surface area (Å²) >= 11 is 1.56. The number of rotatable bonds is 7.